The Bertz CT molecular complexity index is 979. The molecule has 2 aromatic rings. The highest BCUT2D eigenvalue weighted by Crippen LogP contribution is 2.22. The second-order valence-electron chi connectivity index (χ2n) is 7.63. The van der Waals surface area contributed by atoms with Crippen LogP contribution >= 0.6 is 0 Å². The molecule has 1 atom stereocenters. The summed E-state index contributed by atoms with van der Waals surface area (Å²) in [7, 11) is -3.91. The third kappa shape index (κ3) is 5.89. The number of urea groups is 1. The van der Waals surface area contributed by atoms with E-state index in [9.17, 15) is 18.0 Å². The molecule has 1 aliphatic heterocycles. The lowest BCUT2D eigenvalue weighted by atomic mass is 10.2. The van der Waals surface area contributed by atoms with E-state index in [0.717, 1.165) is 19.3 Å². The van der Waals surface area contributed by atoms with Gasteiger partial charge in [0.15, 0.2) is 0 Å². The van der Waals surface area contributed by atoms with Crippen LogP contribution in [0.4, 0.5) is 4.79 Å². The molecule has 2 N–H and O–H groups in total. The van der Waals surface area contributed by atoms with E-state index in [1.807, 2.05) is 0 Å². The number of rotatable bonds is 9. The van der Waals surface area contributed by atoms with E-state index in [4.69, 9.17) is 4.42 Å². The second kappa shape index (κ2) is 11.1. The van der Waals surface area contributed by atoms with Crippen LogP contribution in [0.2, 0.25) is 0 Å². The van der Waals surface area contributed by atoms with Crippen LogP contribution in [-0.2, 0) is 21.4 Å². The summed E-state index contributed by atoms with van der Waals surface area (Å²) in [6, 6.07) is 10.1. The van der Waals surface area contributed by atoms with Gasteiger partial charge < -0.3 is 20.0 Å². The number of unbranched alkanes of at least 4 members (excludes halogenated alkanes) is 2. The van der Waals surface area contributed by atoms with Crippen molar-refractivity contribution in [1.82, 2.24) is 19.8 Å². The number of hydrogen-bond donors (Lipinski definition) is 2. The van der Waals surface area contributed by atoms with Crippen molar-refractivity contribution >= 4 is 22.0 Å². The van der Waals surface area contributed by atoms with E-state index in [0.29, 0.717) is 12.3 Å². The molecule has 0 bridgehead atoms. The minimum atomic E-state index is -3.91. The molecule has 9 nitrogen and oxygen atoms in total. The van der Waals surface area contributed by atoms with Gasteiger partial charge in [-0.15, -0.1) is 0 Å². The van der Waals surface area contributed by atoms with Crippen LogP contribution in [0.5, 0.6) is 0 Å². The Morgan fingerprint density at radius 2 is 1.84 bits per heavy atom. The molecule has 1 saturated heterocycles. The zero-order valence-electron chi connectivity index (χ0n) is 18.2. The minimum absolute atomic E-state index is 0.0262. The maximum absolute atomic E-state index is 13.3. The Morgan fingerprint density at radius 3 is 2.53 bits per heavy atom. The molecule has 1 aromatic carbocycles. The summed E-state index contributed by atoms with van der Waals surface area (Å²) in [6.07, 6.45) is 4.43. The third-order valence-electron chi connectivity index (χ3n) is 5.34. The topological polar surface area (TPSA) is 112 Å². The number of benzene rings is 1. The van der Waals surface area contributed by atoms with Gasteiger partial charge in [-0.2, -0.15) is 4.31 Å². The molecule has 2 heterocycles. The maximum Gasteiger partial charge on any atom is 0.317 e. The summed E-state index contributed by atoms with van der Waals surface area (Å²) in [4.78, 5) is 27.2. The fourth-order valence-corrected chi connectivity index (χ4v) is 5.16. The van der Waals surface area contributed by atoms with E-state index >= 15 is 0 Å². The molecule has 0 saturated carbocycles. The number of hydrogen-bond acceptors (Lipinski definition) is 5. The van der Waals surface area contributed by atoms with E-state index < -0.39 is 22.0 Å². The van der Waals surface area contributed by atoms with Gasteiger partial charge in [-0.25, -0.2) is 13.2 Å². The number of piperazine rings is 1. The first-order valence-electron chi connectivity index (χ1n) is 10.8. The molecule has 3 amide bonds. The number of furan rings is 1. The van der Waals surface area contributed by atoms with E-state index in [2.05, 4.69) is 17.6 Å². The van der Waals surface area contributed by atoms with Crippen LogP contribution in [0.3, 0.4) is 0 Å². The van der Waals surface area contributed by atoms with Crippen LogP contribution in [0.1, 0.15) is 31.9 Å². The number of carbonyl (C=O) groups excluding carboxylic acids is 2. The molecule has 3 rings (SSSR count). The zero-order valence-corrected chi connectivity index (χ0v) is 19.0. The van der Waals surface area contributed by atoms with Gasteiger partial charge in [0.1, 0.15) is 11.8 Å². The van der Waals surface area contributed by atoms with Gasteiger partial charge in [0, 0.05) is 26.2 Å². The molecule has 10 heteroatoms. The Hall–Kier alpha value is -2.85. The van der Waals surface area contributed by atoms with Crippen LogP contribution < -0.4 is 10.6 Å². The normalized spacial score (nSPS) is 17.2. The van der Waals surface area contributed by atoms with Crippen molar-refractivity contribution in [2.24, 2.45) is 0 Å². The van der Waals surface area contributed by atoms with Crippen molar-refractivity contribution in [2.45, 2.75) is 43.7 Å². The fourth-order valence-electron chi connectivity index (χ4n) is 3.57. The number of nitrogens with one attached hydrogen (secondary N) is 2. The van der Waals surface area contributed by atoms with Crippen LogP contribution in [0.15, 0.2) is 58.0 Å². The first-order valence-corrected chi connectivity index (χ1v) is 12.3. The summed E-state index contributed by atoms with van der Waals surface area (Å²) >= 11 is 0. The standard InChI is InChI=1S/C22H30N4O5S/c1-2-3-7-12-23-22(28)25-13-14-26(32(29,30)19-10-5-4-6-11-19)20(17-25)21(27)24-16-18-9-8-15-31-18/h4-6,8-11,15,20H,2-3,7,12-14,16-17H2,1H3,(H,23,28)(H,24,27). The summed E-state index contributed by atoms with van der Waals surface area (Å²) in [5, 5.41) is 5.59. The predicted octanol–water partition coefficient (Wildman–Crippen LogP) is 2.17. The van der Waals surface area contributed by atoms with E-state index in [1.165, 1.54) is 27.6 Å². The average Bonchev–Trinajstić information content (AvgIpc) is 3.34. The van der Waals surface area contributed by atoms with Gasteiger partial charge in [0.05, 0.1) is 17.7 Å². The third-order valence-corrected chi connectivity index (χ3v) is 7.27. The predicted molar refractivity (Wildman–Crippen MR) is 119 cm³/mol. The lowest BCUT2D eigenvalue weighted by molar-refractivity contribution is -0.126. The molecule has 32 heavy (non-hydrogen) atoms. The Balaban J connectivity index is 1.75. The Kier molecular flexibility index (Phi) is 8.29. The zero-order chi connectivity index (χ0) is 23.0. The number of nitrogens with zero attached hydrogens (tertiary/aromatic N) is 2. The van der Waals surface area contributed by atoms with Crippen molar-refractivity contribution in [1.29, 1.82) is 0 Å². The number of amides is 3. The van der Waals surface area contributed by atoms with Gasteiger partial charge >= 0.3 is 6.03 Å². The summed E-state index contributed by atoms with van der Waals surface area (Å²) in [6.45, 7) is 2.96. The molecule has 1 aliphatic rings. The van der Waals surface area contributed by atoms with Crippen molar-refractivity contribution in [2.75, 3.05) is 26.2 Å². The van der Waals surface area contributed by atoms with Gasteiger partial charge in [-0.3, -0.25) is 4.79 Å². The van der Waals surface area contributed by atoms with Crippen LogP contribution in [-0.4, -0.2) is 61.8 Å². The SMILES string of the molecule is CCCCCNC(=O)N1CCN(S(=O)(=O)c2ccccc2)C(C(=O)NCc2ccco2)C1. The molecular formula is C22H30N4O5S. The minimum Gasteiger partial charge on any atom is -0.467 e. The number of sulfonamides is 1. The molecule has 1 aromatic heterocycles. The Labute approximate surface area is 188 Å². The smallest absolute Gasteiger partial charge is 0.317 e. The quantitative estimate of drug-likeness (QED) is 0.555. The highest BCUT2D eigenvalue weighted by molar-refractivity contribution is 7.89. The monoisotopic (exact) mass is 462 g/mol. The van der Waals surface area contributed by atoms with Gasteiger partial charge in [0.25, 0.3) is 0 Å². The summed E-state index contributed by atoms with van der Waals surface area (Å²) < 4.78 is 32.9. The number of carbonyl (C=O) groups is 2. The molecule has 1 unspecified atom stereocenters. The van der Waals surface area contributed by atoms with Gasteiger partial charge in [-0.05, 0) is 30.7 Å². The highest BCUT2D eigenvalue weighted by atomic mass is 32.2. The summed E-state index contributed by atoms with van der Waals surface area (Å²) in [5.41, 5.74) is 0. The first-order chi connectivity index (χ1) is 15.4. The van der Waals surface area contributed by atoms with Crippen molar-refractivity contribution in [3.63, 3.8) is 0 Å². The molecule has 0 spiro atoms. The highest BCUT2D eigenvalue weighted by Gasteiger charge is 2.41. The van der Waals surface area contributed by atoms with E-state index in [-0.39, 0.29) is 37.1 Å². The van der Waals surface area contributed by atoms with Crippen molar-refractivity contribution in [3.05, 3.63) is 54.5 Å². The molecule has 0 aliphatic carbocycles. The Morgan fingerprint density at radius 1 is 1.06 bits per heavy atom. The largest absolute Gasteiger partial charge is 0.467 e. The molecule has 1 fully saturated rings. The first kappa shape index (κ1) is 23.8. The van der Waals surface area contributed by atoms with Gasteiger partial charge in [0.2, 0.25) is 15.9 Å². The van der Waals surface area contributed by atoms with Gasteiger partial charge in [-0.1, -0.05) is 38.0 Å². The average molecular weight is 463 g/mol. The van der Waals surface area contributed by atoms with Crippen molar-refractivity contribution in [3.8, 4) is 0 Å². The lowest BCUT2D eigenvalue weighted by Gasteiger charge is -2.39. The lowest BCUT2D eigenvalue weighted by Crippen LogP contribution is -2.62. The second-order valence-corrected chi connectivity index (χ2v) is 9.52. The molecular weight excluding hydrogens is 432 g/mol. The van der Waals surface area contributed by atoms with E-state index in [1.54, 1.807) is 30.3 Å². The van der Waals surface area contributed by atoms with Crippen LogP contribution in [0, 0.1) is 0 Å². The van der Waals surface area contributed by atoms with Crippen molar-refractivity contribution < 1.29 is 22.4 Å². The van der Waals surface area contributed by atoms with Crippen LogP contribution in [0.25, 0.3) is 0 Å². The molecule has 174 valence electrons. The summed E-state index contributed by atoms with van der Waals surface area (Å²) in [5.74, 6) is 0.0709. The fraction of sp³-hybridized carbons (Fsp3) is 0.455. The molecule has 0 radical (unpaired) electrons. The maximum atomic E-state index is 13.3.